The number of ether oxygens (including phenoxy) is 2. The summed E-state index contributed by atoms with van der Waals surface area (Å²) in [5.41, 5.74) is 5.20. The monoisotopic (exact) mass is 407 g/mol. The van der Waals surface area contributed by atoms with Crippen molar-refractivity contribution in [1.29, 1.82) is 0 Å². The third-order valence-corrected chi connectivity index (χ3v) is 6.16. The molecule has 0 radical (unpaired) electrons. The molecule has 1 aliphatic carbocycles. The summed E-state index contributed by atoms with van der Waals surface area (Å²) in [7, 11) is -4.13. The van der Waals surface area contributed by atoms with Gasteiger partial charge in [0.1, 0.15) is 13.2 Å². The van der Waals surface area contributed by atoms with Crippen LogP contribution >= 0.6 is 12.4 Å². The number of rotatable bonds is 6. The van der Waals surface area contributed by atoms with Crippen molar-refractivity contribution >= 4 is 28.1 Å². The average Bonchev–Trinajstić information content (AvgIpc) is 3.13. The second-order valence-corrected chi connectivity index (χ2v) is 7.91. The summed E-state index contributed by atoms with van der Waals surface area (Å²) in [4.78, 5) is 10.2. The Morgan fingerprint density at radius 3 is 2.35 bits per heavy atom. The number of sulfonamides is 1. The Hall–Kier alpha value is -1.62. The van der Waals surface area contributed by atoms with Crippen LogP contribution in [0.15, 0.2) is 17.0 Å². The third-order valence-electron chi connectivity index (χ3n) is 4.64. The maximum absolute atomic E-state index is 12.8. The maximum atomic E-state index is 12.8. The maximum Gasteiger partial charge on any atom is 0.293 e. The van der Waals surface area contributed by atoms with Crippen molar-refractivity contribution in [1.82, 2.24) is 4.72 Å². The molecule has 11 heteroatoms. The molecule has 146 valence electrons. The number of halogens is 1. The zero-order valence-electron chi connectivity index (χ0n) is 14.0. The summed E-state index contributed by atoms with van der Waals surface area (Å²) in [6.07, 6.45) is 3.86. The van der Waals surface area contributed by atoms with Gasteiger partial charge in [-0.05, 0) is 18.8 Å². The van der Waals surface area contributed by atoms with Gasteiger partial charge >= 0.3 is 0 Å². The molecule has 1 saturated carbocycles. The molecular weight excluding hydrogens is 386 g/mol. The molecule has 0 bridgehead atoms. The highest BCUT2D eigenvalue weighted by Crippen LogP contribution is 2.39. The van der Waals surface area contributed by atoms with E-state index in [1.54, 1.807) is 0 Å². The highest BCUT2D eigenvalue weighted by molar-refractivity contribution is 7.89. The minimum Gasteiger partial charge on any atom is -0.486 e. The zero-order chi connectivity index (χ0) is 18.0. The summed E-state index contributed by atoms with van der Waals surface area (Å²) in [5.74, 6) is 0.501. The van der Waals surface area contributed by atoms with Crippen molar-refractivity contribution in [2.24, 2.45) is 11.7 Å². The third kappa shape index (κ3) is 4.20. The van der Waals surface area contributed by atoms with Crippen molar-refractivity contribution in [3.63, 3.8) is 0 Å². The number of nitro benzene ring substituents is 1. The van der Waals surface area contributed by atoms with Crippen LogP contribution in [0.25, 0.3) is 0 Å². The molecule has 1 heterocycles. The molecule has 0 amide bonds. The number of hydrogen-bond acceptors (Lipinski definition) is 7. The van der Waals surface area contributed by atoms with Crippen molar-refractivity contribution in [2.45, 2.75) is 36.6 Å². The number of nitro groups is 1. The first kappa shape index (κ1) is 20.7. The molecule has 0 spiro atoms. The molecule has 3 N–H and O–H groups in total. The molecule has 1 aromatic carbocycles. The van der Waals surface area contributed by atoms with Crippen LogP contribution in [0.2, 0.25) is 0 Å². The Morgan fingerprint density at radius 2 is 1.81 bits per heavy atom. The van der Waals surface area contributed by atoms with Crippen molar-refractivity contribution in [2.75, 3.05) is 19.8 Å². The Labute approximate surface area is 157 Å². The van der Waals surface area contributed by atoms with E-state index < -0.39 is 31.6 Å². The van der Waals surface area contributed by atoms with Gasteiger partial charge < -0.3 is 15.2 Å². The number of benzene rings is 1. The van der Waals surface area contributed by atoms with Gasteiger partial charge in [-0.15, -0.1) is 12.4 Å². The normalized spacial score (nSPS) is 18.2. The molecule has 0 saturated heterocycles. The highest BCUT2D eigenvalue weighted by atomic mass is 35.5. The molecule has 0 aromatic heterocycles. The van der Waals surface area contributed by atoms with E-state index >= 15 is 0 Å². The first-order valence-corrected chi connectivity index (χ1v) is 9.71. The lowest BCUT2D eigenvalue weighted by atomic mass is 9.99. The molecular formula is C15H22ClN3O6S. The standard InChI is InChI=1S/C15H21N3O6S.ClH/c16-9-11(10-3-1-2-4-10)17-25(21,22)15-8-14-13(23-5-6-24-14)7-12(15)18(19)20;/h7-8,10-11,17H,1-6,9,16H2;1H. The number of fused-ring (bicyclic) bond motifs is 1. The Morgan fingerprint density at radius 1 is 1.23 bits per heavy atom. The molecule has 2 aliphatic rings. The lowest BCUT2D eigenvalue weighted by molar-refractivity contribution is -0.388. The van der Waals surface area contributed by atoms with Gasteiger partial charge in [0.15, 0.2) is 16.4 Å². The topological polar surface area (TPSA) is 134 Å². The van der Waals surface area contributed by atoms with E-state index in [0.29, 0.717) is 0 Å². The van der Waals surface area contributed by atoms with Gasteiger partial charge in [0.05, 0.1) is 11.0 Å². The predicted molar refractivity (Wildman–Crippen MR) is 96.5 cm³/mol. The molecule has 3 rings (SSSR count). The summed E-state index contributed by atoms with van der Waals surface area (Å²) in [6.45, 7) is 0.652. The fourth-order valence-corrected chi connectivity index (χ4v) is 4.86. The molecule has 1 fully saturated rings. The minimum atomic E-state index is -4.13. The SMILES string of the molecule is Cl.NCC(NS(=O)(=O)c1cc2c(cc1[N+](=O)[O-])OCCO2)C1CCCC1. The van der Waals surface area contributed by atoms with E-state index in [1.807, 2.05) is 0 Å². The van der Waals surface area contributed by atoms with E-state index in [9.17, 15) is 18.5 Å². The van der Waals surface area contributed by atoms with E-state index in [0.717, 1.165) is 37.8 Å². The van der Waals surface area contributed by atoms with Crippen LogP contribution in [0.3, 0.4) is 0 Å². The van der Waals surface area contributed by atoms with Crippen LogP contribution in [0.1, 0.15) is 25.7 Å². The molecule has 1 atom stereocenters. The van der Waals surface area contributed by atoms with Gasteiger partial charge in [0.25, 0.3) is 5.69 Å². The predicted octanol–water partition coefficient (Wildman–Crippen LogP) is 1.58. The fourth-order valence-electron chi connectivity index (χ4n) is 3.38. The summed E-state index contributed by atoms with van der Waals surface area (Å²) in [6, 6.07) is 1.80. The van der Waals surface area contributed by atoms with E-state index in [-0.39, 0.29) is 49.6 Å². The molecule has 1 unspecified atom stereocenters. The first-order valence-electron chi connectivity index (χ1n) is 8.23. The van der Waals surface area contributed by atoms with Crippen molar-refractivity contribution < 1.29 is 22.8 Å². The van der Waals surface area contributed by atoms with Crippen LogP contribution < -0.4 is 19.9 Å². The summed E-state index contributed by atoms with van der Waals surface area (Å²) >= 11 is 0. The van der Waals surface area contributed by atoms with Gasteiger partial charge in [-0.25, -0.2) is 13.1 Å². The second kappa shape index (κ2) is 8.38. The highest BCUT2D eigenvalue weighted by Gasteiger charge is 2.34. The van der Waals surface area contributed by atoms with E-state index in [4.69, 9.17) is 15.2 Å². The lowest BCUT2D eigenvalue weighted by Gasteiger charge is -2.23. The quantitative estimate of drug-likeness (QED) is 0.540. The van der Waals surface area contributed by atoms with Crippen molar-refractivity contribution in [3.8, 4) is 11.5 Å². The van der Waals surface area contributed by atoms with Crippen LogP contribution in [-0.4, -0.2) is 39.1 Å². The fraction of sp³-hybridized carbons (Fsp3) is 0.600. The zero-order valence-corrected chi connectivity index (χ0v) is 15.7. The van der Waals surface area contributed by atoms with Crippen LogP contribution in [0.4, 0.5) is 5.69 Å². The smallest absolute Gasteiger partial charge is 0.293 e. The number of hydrogen-bond donors (Lipinski definition) is 2. The first-order chi connectivity index (χ1) is 11.9. The summed E-state index contributed by atoms with van der Waals surface area (Å²) < 4.78 is 38.8. The van der Waals surface area contributed by atoms with E-state index in [2.05, 4.69) is 4.72 Å². The second-order valence-electron chi connectivity index (χ2n) is 6.23. The van der Waals surface area contributed by atoms with E-state index in [1.165, 1.54) is 0 Å². The Balaban J connectivity index is 0.00000243. The van der Waals surface area contributed by atoms with Gasteiger partial charge in [0.2, 0.25) is 10.0 Å². The average molecular weight is 408 g/mol. The summed E-state index contributed by atoms with van der Waals surface area (Å²) in [5, 5.41) is 11.4. The number of nitrogens with two attached hydrogens (primary N) is 1. The molecule has 9 nitrogen and oxygen atoms in total. The number of nitrogens with one attached hydrogen (secondary N) is 1. The van der Waals surface area contributed by atoms with Gasteiger partial charge in [0, 0.05) is 18.7 Å². The lowest BCUT2D eigenvalue weighted by Crippen LogP contribution is -2.44. The minimum absolute atomic E-state index is 0. The Kier molecular flexibility index (Phi) is 6.67. The largest absolute Gasteiger partial charge is 0.486 e. The van der Waals surface area contributed by atoms with Crippen LogP contribution in [0, 0.1) is 16.0 Å². The van der Waals surface area contributed by atoms with Gasteiger partial charge in [-0.2, -0.15) is 0 Å². The van der Waals surface area contributed by atoms with Crippen LogP contribution in [-0.2, 0) is 10.0 Å². The van der Waals surface area contributed by atoms with Gasteiger partial charge in [-0.1, -0.05) is 12.8 Å². The molecule has 1 aliphatic heterocycles. The van der Waals surface area contributed by atoms with Gasteiger partial charge in [-0.3, -0.25) is 10.1 Å². The van der Waals surface area contributed by atoms with Crippen molar-refractivity contribution in [3.05, 3.63) is 22.2 Å². The molecule has 1 aromatic rings. The number of nitrogens with zero attached hydrogens (tertiary/aromatic N) is 1. The Bertz CT molecular complexity index is 767. The molecule has 26 heavy (non-hydrogen) atoms. The van der Waals surface area contributed by atoms with Crippen LogP contribution in [0.5, 0.6) is 11.5 Å².